The second-order valence-corrected chi connectivity index (χ2v) is 7.30. The van der Waals surface area contributed by atoms with E-state index in [9.17, 15) is 18.0 Å². The number of fused-ring (bicyclic) bond motifs is 1. The van der Waals surface area contributed by atoms with Gasteiger partial charge in [0.2, 0.25) is 5.91 Å². The van der Waals surface area contributed by atoms with Crippen LogP contribution in [0.1, 0.15) is 49.7 Å². The van der Waals surface area contributed by atoms with E-state index in [0.29, 0.717) is 22.5 Å². The summed E-state index contributed by atoms with van der Waals surface area (Å²) >= 11 is 0. The molecule has 1 amide bonds. The summed E-state index contributed by atoms with van der Waals surface area (Å²) in [6, 6.07) is 5.02. The molecule has 0 unspecified atom stereocenters. The van der Waals surface area contributed by atoms with Gasteiger partial charge in [0, 0.05) is 17.3 Å². The van der Waals surface area contributed by atoms with Crippen LogP contribution in [0.25, 0.3) is 10.9 Å². The van der Waals surface area contributed by atoms with Gasteiger partial charge in [0.25, 0.3) is 0 Å². The van der Waals surface area contributed by atoms with Crippen LogP contribution in [-0.4, -0.2) is 31.8 Å². The van der Waals surface area contributed by atoms with Crippen LogP contribution < -0.4 is 5.32 Å². The average Bonchev–Trinajstić information content (AvgIpc) is 3.02. The topological polar surface area (TPSA) is 72.7 Å². The summed E-state index contributed by atoms with van der Waals surface area (Å²) in [6.07, 6.45) is 0.227. The lowest BCUT2D eigenvalue weighted by atomic mass is 10.1. The van der Waals surface area contributed by atoms with Crippen molar-refractivity contribution in [3.8, 4) is 0 Å². The van der Waals surface area contributed by atoms with Gasteiger partial charge in [0.15, 0.2) is 0 Å². The molecule has 154 valence electrons. The van der Waals surface area contributed by atoms with Crippen LogP contribution in [-0.2, 0) is 17.8 Å². The Bertz CT molecular complexity index is 996. The minimum absolute atomic E-state index is 0.182. The molecule has 0 aliphatic heterocycles. The van der Waals surface area contributed by atoms with Crippen LogP contribution in [0.15, 0.2) is 36.8 Å². The zero-order valence-corrected chi connectivity index (χ0v) is 16.4. The molecule has 3 rings (SSSR count). The summed E-state index contributed by atoms with van der Waals surface area (Å²) in [4.78, 5) is 20.9. The first-order valence-electron chi connectivity index (χ1n) is 9.25. The number of carbonyl (C=O) groups excluding carboxylic acids is 1. The summed E-state index contributed by atoms with van der Waals surface area (Å²) < 4.78 is 38.7. The second kappa shape index (κ2) is 8.18. The van der Waals surface area contributed by atoms with Gasteiger partial charge in [-0.2, -0.15) is 18.3 Å². The van der Waals surface area contributed by atoms with Crippen molar-refractivity contribution in [3.05, 3.63) is 53.7 Å². The normalized spacial score (nSPS) is 13.1. The minimum Gasteiger partial charge on any atom is -0.348 e. The standard InChI is InChI=1S/C20H22F3N5O/c1-12(2)16-5-4-14(8-24-16)6-19(29)27-13(3)17-7-15-9-26-28(11-20(21,22)23)18(15)10-25-17/h4-5,7-10,12-13H,6,11H2,1-3H3,(H,27,29)/t13-/m1/s1. The minimum atomic E-state index is -4.36. The van der Waals surface area contributed by atoms with Crippen molar-refractivity contribution in [2.75, 3.05) is 0 Å². The fourth-order valence-electron chi connectivity index (χ4n) is 2.96. The molecule has 0 aliphatic rings. The maximum Gasteiger partial charge on any atom is 0.408 e. The van der Waals surface area contributed by atoms with Gasteiger partial charge >= 0.3 is 6.18 Å². The Hall–Kier alpha value is -2.97. The van der Waals surface area contributed by atoms with E-state index in [1.54, 1.807) is 19.2 Å². The molecule has 1 atom stereocenters. The summed E-state index contributed by atoms with van der Waals surface area (Å²) in [7, 11) is 0. The fraction of sp³-hybridized carbons (Fsp3) is 0.400. The number of amides is 1. The monoisotopic (exact) mass is 405 g/mol. The second-order valence-electron chi connectivity index (χ2n) is 7.30. The smallest absolute Gasteiger partial charge is 0.348 e. The lowest BCUT2D eigenvalue weighted by Gasteiger charge is -2.14. The zero-order valence-electron chi connectivity index (χ0n) is 16.4. The maximum atomic E-state index is 12.6. The molecule has 0 saturated carbocycles. The molecule has 6 nitrogen and oxygen atoms in total. The Morgan fingerprint density at radius 3 is 2.45 bits per heavy atom. The van der Waals surface area contributed by atoms with Gasteiger partial charge in [-0.3, -0.25) is 19.4 Å². The highest BCUT2D eigenvalue weighted by atomic mass is 19.4. The van der Waals surface area contributed by atoms with E-state index in [4.69, 9.17) is 0 Å². The summed E-state index contributed by atoms with van der Waals surface area (Å²) in [5.74, 6) is 0.130. The Labute approximate surface area is 166 Å². The van der Waals surface area contributed by atoms with Crippen LogP contribution in [0.2, 0.25) is 0 Å². The van der Waals surface area contributed by atoms with Crippen LogP contribution >= 0.6 is 0 Å². The molecule has 3 heterocycles. The van der Waals surface area contributed by atoms with Gasteiger partial charge in [-0.15, -0.1) is 0 Å². The molecule has 9 heteroatoms. The molecule has 3 aromatic heterocycles. The van der Waals surface area contributed by atoms with Crippen molar-refractivity contribution >= 4 is 16.8 Å². The molecule has 0 radical (unpaired) electrons. The van der Waals surface area contributed by atoms with Crippen LogP contribution in [0.3, 0.4) is 0 Å². The van der Waals surface area contributed by atoms with Crippen molar-refractivity contribution in [1.29, 1.82) is 0 Å². The Morgan fingerprint density at radius 1 is 1.10 bits per heavy atom. The van der Waals surface area contributed by atoms with E-state index in [2.05, 4.69) is 20.4 Å². The first kappa shape index (κ1) is 20.8. The Balaban J connectivity index is 1.66. The van der Waals surface area contributed by atoms with Gasteiger partial charge in [-0.05, 0) is 30.5 Å². The molecule has 0 aliphatic carbocycles. The SMILES string of the molecule is CC(C)c1ccc(CC(=O)N[C@H](C)c2cc3cnn(CC(F)(F)F)c3cn2)cn1. The number of hydrogen-bond acceptors (Lipinski definition) is 4. The molecule has 0 aromatic carbocycles. The van der Waals surface area contributed by atoms with E-state index >= 15 is 0 Å². The molecule has 29 heavy (non-hydrogen) atoms. The highest BCUT2D eigenvalue weighted by Crippen LogP contribution is 2.22. The number of nitrogens with zero attached hydrogens (tertiary/aromatic N) is 4. The molecule has 1 N–H and O–H groups in total. The first-order chi connectivity index (χ1) is 13.6. The first-order valence-corrected chi connectivity index (χ1v) is 9.25. The van der Waals surface area contributed by atoms with Crippen LogP contribution in [0.5, 0.6) is 0 Å². The third-order valence-electron chi connectivity index (χ3n) is 4.50. The van der Waals surface area contributed by atoms with Crippen molar-refractivity contribution in [2.45, 2.75) is 51.9 Å². The van der Waals surface area contributed by atoms with Crippen LogP contribution in [0, 0.1) is 0 Å². The van der Waals surface area contributed by atoms with E-state index in [1.807, 2.05) is 26.0 Å². The fourth-order valence-corrected chi connectivity index (χ4v) is 2.96. The molecule has 0 saturated heterocycles. The van der Waals surface area contributed by atoms with Crippen molar-refractivity contribution < 1.29 is 18.0 Å². The molecule has 0 bridgehead atoms. The predicted molar refractivity (Wildman–Crippen MR) is 102 cm³/mol. The molecule has 0 fully saturated rings. The Kier molecular flexibility index (Phi) is 5.86. The molecule has 3 aromatic rings. The van der Waals surface area contributed by atoms with Crippen LogP contribution in [0.4, 0.5) is 13.2 Å². The largest absolute Gasteiger partial charge is 0.408 e. The number of alkyl halides is 3. The number of pyridine rings is 2. The van der Waals surface area contributed by atoms with Gasteiger partial charge in [-0.1, -0.05) is 19.9 Å². The van der Waals surface area contributed by atoms with E-state index in [1.165, 1.54) is 12.4 Å². The number of rotatable bonds is 6. The summed E-state index contributed by atoms with van der Waals surface area (Å²) in [6.45, 7) is 4.69. The third kappa shape index (κ3) is 5.30. The van der Waals surface area contributed by atoms with Gasteiger partial charge < -0.3 is 5.32 Å². The lowest BCUT2D eigenvalue weighted by molar-refractivity contribution is -0.141. The Morgan fingerprint density at radius 2 is 1.83 bits per heavy atom. The highest BCUT2D eigenvalue weighted by molar-refractivity contribution is 5.80. The molecule has 0 spiro atoms. The number of carbonyl (C=O) groups is 1. The van der Waals surface area contributed by atoms with Crippen molar-refractivity contribution in [3.63, 3.8) is 0 Å². The highest BCUT2D eigenvalue weighted by Gasteiger charge is 2.29. The quantitative estimate of drug-likeness (QED) is 0.674. The van der Waals surface area contributed by atoms with Gasteiger partial charge in [-0.25, -0.2) is 0 Å². The van der Waals surface area contributed by atoms with E-state index < -0.39 is 18.8 Å². The molecular formula is C20H22F3N5O. The van der Waals surface area contributed by atoms with E-state index in [-0.39, 0.29) is 12.3 Å². The van der Waals surface area contributed by atoms with Crippen molar-refractivity contribution in [2.24, 2.45) is 0 Å². The number of nitrogens with one attached hydrogen (secondary N) is 1. The predicted octanol–water partition coefficient (Wildman–Crippen LogP) is 3.93. The summed E-state index contributed by atoms with van der Waals surface area (Å²) in [5.41, 5.74) is 2.61. The zero-order chi connectivity index (χ0) is 21.2. The number of hydrogen-bond donors (Lipinski definition) is 1. The van der Waals surface area contributed by atoms with E-state index in [0.717, 1.165) is 15.9 Å². The van der Waals surface area contributed by atoms with Gasteiger partial charge in [0.1, 0.15) is 6.54 Å². The lowest BCUT2D eigenvalue weighted by Crippen LogP contribution is -2.28. The third-order valence-corrected chi connectivity index (χ3v) is 4.50. The summed E-state index contributed by atoms with van der Waals surface area (Å²) in [5, 5.41) is 7.17. The van der Waals surface area contributed by atoms with Gasteiger partial charge in [0.05, 0.1) is 36.1 Å². The maximum absolute atomic E-state index is 12.6. The van der Waals surface area contributed by atoms with Crippen molar-refractivity contribution in [1.82, 2.24) is 25.1 Å². The number of halogens is 3. The average molecular weight is 405 g/mol. The molecular weight excluding hydrogens is 383 g/mol. The number of aromatic nitrogens is 4.